The minimum Gasteiger partial charge on any atom is -0.311 e. The number of aromatic nitrogens is 2. The molecule has 0 radical (unpaired) electrons. The van der Waals surface area contributed by atoms with Crippen LogP contribution in [0.4, 0.5) is 17.1 Å². The van der Waals surface area contributed by atoms with Gasteiger partial charge in [0, 0.05) is 49.8 Å². The van der Waals surface area contributed by atoms with Crippen molar-refractivity contribution in [1.29, 1.82) is 0 Å². The first-order chi connectivity index (χ1) is 47.1. The van der Waals surface area contributed by atoms with E-state index in [0.29, 0.717) is 0 Å². The van der Waals surface area contributed by atoms with Crippen molar-refractivity contribution >= 4 is 83.8 Å². The van der Waals surface area contributed by atoms with E-state index in [4.69, 9.17) is 0 Å². The van der Waals surface area contributed by atoms with Gasteiger partial charge in [-0.25, -0.2) is 0 Å². The van der Waals surface area contributed by atoms with Gasteiger partial charge in [0.1, 0.15) is 0 Å². The fourth-order valence-corrected chi connectivity index (χ4v) is 16.0. The lowest BCUT2D eigenvalue weighted by Gasteiger charge is -2.41. The molecule has 2 aliphatic rings. The normalized spacial score (nSPS) is 13.1. The molecule has 0 N–H and O–H groups in total. The van der Waals surface area contributed by atoms with Crippen molar-refractivity contribution < 1.29 is 0 Å². The van der Waals surface area contributed by atoms with E-state index in [2.05, 4.69) is 376 Å². The fraction of sp³-hybridized carbons (Fsp3) is 0.170. The Bertz CT molecular complexity index is 5640. The van der Waals surface area contributed by atoms with Crippen molar-refractivity contribution in [3.63, 3.8) is 0 Å². The SMILES string of the molecule is CC(C)(C)c1ccc(N2c3ccc(-c4ccccc4-c4cccc(-c5ccccc5)c4)cc3B3c4c2cc(-n2c5cc(C(C)(C)C)ccc5c5ccc(C(C)(C)C)cc52)cc4-n2c4ccc(C(C)(C)C)cc4c4cc(-c5ccccc5-c5cccc(-c6ccccc6)c5)cc3c42)cc1. The summed E-state index contributed by atoms with van der Waals surface area (Å²) in [5.74, 6) is 0. The standard InChI is InChI=1S/C94H82BN3/c1-91(2,3)67-38-43-71(44-39-67)96-84-47-37-65(75-35-20-19-33-73(75)63-31-23-29-61(49-63)59-25-15-13-16-26-59)52-81(84)95-82-53-66(76-36-22-21-34-74(76)64-32-24-30-62(50-64)60-27-17-14-18-28-60)51-80-79-54-68(92(4,5)6)42-48-83(79)98(90(80)82)88-58-72(57-87(96)89(88)95)97-85-55-69(93(7,8)9)40-45-77(85)78-46-41-70(56-86(78)97)94(10,11)12/h13-58H,1-12H3. The van der Waals surface area contributed by atoms with Gasteiger partial charge in [-0.05, 0) is 200 Å². The molecule has 0 saturated heterocycles. The van der Waals surface area contributed by atoms with Gasteiger partial charge in [-0.1, -0.05) is 289 Å². The van der Waals surface area contributed by atoms with Crippen molar-refractivity contribution in [3.8, 4) is 78.1 Å². The molecule has 476 valence electrons. The summed E-state index contributed by atoms with van der Waals surface area (Å²) in [5, 5.41) is 5.03. The minimum absolute atomic E-state index is 0.0434. The van der Waals surface area contributed by atoms with Crippen LogP contribution < -0.4 is 21.3 Å². The Morgan fingerprint density at radius 1 is 0.245 bits per heavy atom. The second kappa shape index (κ2) is 22.4. The highest BCUT2D eigenvalue weighted by molar-refractivity contribution is 7.00. The minimum atomic E-state index is -0.198. The third-order valence-corrected chi connectivity index (χ3v) is 21.3. The summed E-state index contributed by atoms with van der Waals surface area (Å²) < 4.78 is 5.30. The van der Waals surface area contributed by atoms with Gasteiger partial charge in [-0.15, -0.1) is 0 Å². The van der Waals surface area contributed by atoms with Gasteiger partial charge in [0.2, 0.25) is 0 Å². The average molecular weight is 1260 g/mol. The van der Waals surface area contributed by atoms with E-state index in [0.717, 1.165) is 11.4 Å². The van der Waals surface area contributed by atoms with Crippen LogP contribution in [0.1, 0.15) is 105 Å². The van der Waals surface area contributed by atoms with Crippen LogP contribution >= 0.6 is 0 Å². The van der Waals surface area contributed by atoms with Crippen molar-refractivity contribution in [2.45, 2.75) is 105 Å². The average Bonchev–Trinajstić information content (AvgIpc) is 1.42. The smallest absolute Gasteiger partial charge is 0.252 e. The summed E-state index contributed by atoms with van der Waals surface area (Å²) in [6.45, 7) is 27.9. The number of anilines is 3. The van der Waals surface area contributed by atoms with Gasteiger partial charge in [0.05, 0.1) is 22.2 Å². The highest BCUT2D eigenvalue weighted by Gasteiger charge is 2.44. The summed E-state index contributed by atoms with van der Waals surface area (Å²) in [6.07, 6.45) is 0. The first-order valence-corrected chi connectivity index (χ1v) is 35.1. The maximum absolute atomic E-state index is 2.68. The van der Waals surface area contributed by atoms with Gasteiger partial charge in [-0.3, -0.25) is 0 Å². The van der Waals surface area contributed by atoms with Crippen LogP contribution in [0.25, 0.3) is 122 Å². The van der Waals surface area contributed by atoms with E-state index >= 15 is 0 Å². The third kappa shape index (κ3) is 10.1. The summed E-state index contributed by atoms with van der Waals surface area (Å²) in [5.41, 5.74) is 33.8. The molecule has 0 atom stereocenters. The monoisotopic (exact) mass is 1260 g/mol. The molecule has 0 unspecified atom stereocenters. The molecule has 0 aliphatic carbocycles. The summed E-state index contributed by atoms with van der Waals surface area (Å²) >= 11 is 0. The number of hydrogen-bond donors (Lipinski definition) is 0. The molecule has 0 saturated carbocycles. The van der Waals surface area contributed by atoms with Gasteiger partial charge >= 0.3 is 0 Å². The van der Waals surface area contributed by atoms with Crippen LogP contribution in [0.2, 0.25) is 0 Å². The van der Waals surface area contributed by atoms with Crippen LogP contribution in [0.15, 0.2) is 279 Å². The molecule has 13 aromatic carbocycles. The lowest BCUT2D eigenvalue weighted by molar-refractivity contribution is 0.590. The van der Waals surface area contributed by atoms with E-state index in [1.54, 1.807) is 0 Å². The highest BCUT2D eigenvalue weighted by Crippen LogP contribution is 2.48. The Balaban J connectivity index is 1.01. The molecule has 0 fully saturated rings. The summed E-state index contributed by atoms with van der Waals surface area (Å²) in [4.78, 5) is 2.62. The largest absolute Gasteiger partial charge is 0.311 e. The molecule has 17 rings (SSSR count). The topological polar surface area (TPSA) is 13.1 Å². The Hall–Kier alpha value is -10.7. The molecule has 15 aromatic rings. The summed E-state index contributed by atoms with van der Waals surface area (Å²) in [6, 6.07) is 107. The molecule has 0 amide bonds. The first kappa shape index (κ1) is 61.0. The number of fused-ring (bicyclic) bond motifs is 10. The molecule has 4 heteroatoms. The maximum atomic E-state index is 2.68. The molecule has 2 aromatic heterocycles. The molecular weight excluding hydrogens is 1180 g/mol. The van der Waals surface area contributed by atoms with Crippen molar-refractivity contribution in [1.82, 2.24) is 9.13 Å². The van der Waals surface area contributed by atoms with E-state index in [-0.39, 0.29) is 28.4 Å². The van der Waals surface area contributed by atoms with Crippen LogP contribution in [-0.4, -0.2) is 15.8 Å². The zero-order chi connectivity index (χ0) is 67.3. The third-order valence-electron chi connectivity index (χ3n) is 21.3. The predicted molar refractivity (Wildman–Crippen MR) is 422 cm³/mol. The number of rotatable bonds is 8. The zero-order valence-corrected chi connectivity index (χ0v) is 58.5. The molecule has 3 nitrogen and oxygen atoms in total. The Morgan fingerprint density at radius 3 is 1.21 bits per heavy atom. The molecule has 98 heavy (non-hydrogen) atoms. The Labute approximate surface area is 578 Å². The molecule has 2 aliphatic heterocycles. The van der Waals surface area contributed by atoms with E-state index < -0.39 is 0 Å². The van der Waals surface area contributed by atoms with E-state index in [1.165, 1.54) is 166 Å². The van der Waals surface area contributed by atoms with Crippen LogP contribution in [-0.2, 0) is 21.7 Å². The number of hydrogen-bond acceptors (Lipinski definition) is 1. The highest BCUT2D eigenvalue weighted by atomic mass is 15.2. The van der Waals surface area contributed by atoms with E-state index in [9.17, 15) is 0 Å². The Morgan fingerprint density at radius 2 is 0.684 bits per heavy atom. The fourth-order valence-electron chi connectivity index (χ4n) is 16.0. The molecule has 0 bridgehead atoms. The van der Waals surface area contributed by atoms with Crippen LogP contribution in [0.5, 0.6) is 0 Å². The van der Waals surface area contributed by atoms with Crippen LogP contribution in [0, 0.1) is 0 Å². The second-order valence-corrected chi connectivity index (χ2v) is 31.8. The van der Waals surface area contributed by atoms with Gasteiger partial charge in [0.15, 0.2) is 0 Å². The van der Waals surface area contributed by atoms with Gasteiger partial charge in [-0.2, -0.15) is 0 Å². The second-order valence-electron chi connectivity index (χ2n) is 31.8. The molecule has 0 spiro atoms. The van der Waals surface area contributed by atoms with Crippen molar-refractivity contribution in [2.24, 2.45) is 0 Å². The lowest BCUT2D eigenvalue weighted by atomic mass is 9.33. The summed E-state index contributed by atoms with van der Waals surface area (Å²) in [7, 11) is 0. The predicted octanol–water partition coefficient (Wildman–Crippen LogP) is 23.7. The molecular formula is C94H82BN3. The number of nitrogens with zero attached hydrogens (tertiary/aromatic N) is 3. The Kier molecular flexibility index (Phi) is 14.0. The first-order valence-electron chi connectivity index (χ1n) is 35.1. The number of benzene rings is 13. The van der Waals surface area contributed by atoms with E-state index in [1.807, 2.05) is 0 Å². The van der Waals surface area contributed by atoms with Gasteiger partial charge in [0.25, 0.3) is 6.71 Å². The van der Waals surface area contributed by atoms with Crippen molar-refractivity contribution in [3.05, 3.63) is 301 Å². The van der Waals surface area contributed by atoms with Crippen molar-refractivity contribution in [2.75, 3.05) is 4.90 Å². The lowest BCUT2D eigenvalue weighted by Crippen LogP contribution is -2.60. The van der Waals surface area contributed by atoms with Crippen LogP contribution in [0.3, 0.4) is 0 Å². The van der Waals surface area contributed by atoms with Gasteiger partial charge < -0.3 is 14.0 Å². The molecule has 4 heterocycles. The zero-order valence-electron chi connectivity index (χ0n) is 58.5. The maximum Gasteiger partial charge on any atom is 0.252 e. The quantitative estimate of drug-likeness (QED) is 0.138.